The van der Waals surface area contributed by atoms with Crippen LogP contribution in [0.15, 0.2) is 48.7 Å². The number of carbonyl (C=O) groups excluding carboxylic acids is 1. The summed E-state index contributed by atoms with van der Waals surface area (Å²) in [5, 5.41) is 6.80. The van der Waals surface area contributed by atoms with Crippen LogP contribution in [0.25, 0.3) is 5.69 Å². The van der Waals surface area contributed by atoms with Gasteiger partial charge in [0.1, 0.15) is 11.5 Å². The smallest absolute Gasteiger partial charge is 0.272 e. The molecule has 0 radical (unpaired) electrons. The Labute approximate surface area is 137 Å². The van der Waals surface area contributed by atoms with Crippen LogP contribution in [-0.2, 0) is 6.54 Å². The van der Waals surface area contributed by atoms with Gasteiger partial charge in [0.2, 0.25) is 0 Å². The molecule has 0 aliphatic heterocycles. The first-order chi connectivity index (χ1) is 11.5. The molecule has 0 aliphatic carbocycles. The molecule has 1 aromatic carbocycles. The van der Waals surface area contributed by atoms with Crippen LogP contribution >= 0.6 is 0 Å². The molecule has 5 nitrogen and oxygen atoms in total. The zero-order valence-corrected chi connectivity index (χ0v) is 12.8. The Morgan fingerprint density at radius 3 is 2.75 bits per heavy atom. The van der Waals surface area contributed by atoms with Crippen LogP contribution in [0.3, 0.4) is 0 Å². The first kappa shape index (κ1) is 15.8. The molecule has 24 heavy (non-hydrogen) atoms. The molecule has 0 spiro atoms. The van der Waals surface area contributed by atoms with Crippen molar-refractivity contribution in [2.75, 3.05) is 0 Å². The van der Waals surface area contributed by atoms with Crippen LogP contribution < -0.4 is 5.32 Å². The summed E-state index contributed by atoms with van der Waals surface area (Å²) in [6.45, 7) is 1.95. The summed E-state index contributed by atoms with van der Waals surface area (Å²) in [4.78, 5) is 16.3. The molecule has 0 unspecified atom stereocenters. The third-order valence-electron chi connectivity index (χ3n) is 3.41. The van der Waals surface area contributed by atoms with E-state index in [0.29, 0.717) is 11.4 Å². The lowest BCUT2D eigenvalue weighted by atomic mass is 10.3. The number of halogens is 2. The summed E-state index contributed by atoms with van der Waals surface area (Å²) in [5.74, 6) is -1.82. The van der Waals surface area contributed by atoms with Gasteiger partial charge in [-0.15, -0.1) is 0 Å². The number of carbonyl (C=O) groups is 1. The van der Waals surface area contributed by atoms with E-state index in [1.54, 1.807) is 25.3 Å². The topological polar surface area (TPSA) is 59.8 Å². The third-order valence-corrected chi connectivity index (χ3v) is 3.41. The van der Waals surface area contributed by atoms with Gasteiger partial charge in [-0.3, -0.25) is 9.78 Å². The maximum atomic E-state index is 13.9. The molecule has 7 heteroatoms. The molecule has 3 rings (SSSR count). The average Bonchev–Trinajstić information content (AvgIpc) is 2.95. The zero-order valence-electron chi connectivity index (χ0n) is 12.8. The molecule has 3 aromatic rings. The largest absolute Gasteiger partial charge is 0.345 e. The average molecular weight is 328 g/mol. The highest BCUT2D eigenvalue weighted by Gasteiger charge is 2.15. The second-order valence-electron chi connectivity index (χ2n) is 5.18. The number of benzene rings is 1. The van der Waals surface area contributed by atoms with Crippen molar-refractivity contribution >= 4 is 5.91 Å². The quantitative estimate of drug-likeness (QED) is 0.801. The summed E-state index contributed by atoms with van der Waals surface area (Å²) < 4.78 is 28.2. The van der Waals surface area contributed by atoms with E-state index in [4.69, 9.17) is 0 Å². The van der Waals surface area contributed by atoms with Crippen LogP contribution in [-0.4, -0.2) is 20.7 Å². The van der Waals surface area contributed by atoms with Gasteiger partial charge in [-0.25, -0.2) is 13.5 Å². The second-order valence-corrected chi connectivity index (χ2v) is 5.18. The summed E-state index contributed by atoms with van der Waals surface area (Å²) >= 11 is 0. The van der Waals surface area contributed by atoms with Gasteiger partial charge < -0.3 is 5.32 Å². The summed E-state index contributed by atoms with van der Waals surface area (Å²) in [6.07, 6.45) is 1.64. The molecule has 0 bridgehead atoms. The van der Waals surface area contributed by atoms with Crippen molar-refractivity contribution in [3.8, 4) is 5.69 Å². The maximum absolute atomic E-state index is 13.9. The Kier molecular flexibility index (Phi) is 4.33. The highest BCUT2D eigenvalue weighted by atomic mass is 19.1. The number of hydrogen-bond acceptors (Lipinski definition) is 3. The van der Waals surface area contributed by atoms with Crippen LogP contribution in [0.1, 0.15) is 21.9 Å². The van der Waals surface area contributed by atoms with E-state index >= 15 is 0 Å². The van der Waals surface area contributed by atoms with Crippen LogP contribution in [0.5, 0.6) is 0 Å². The Hall–Kier alpha value is -3.09. The predicted molar refractivity (Wildman–Crippen MR) is 83.6 cm³/mol. The van der Waals surface area contributed by atoms with Gasteiger partial charge in [0.15, 0.2) is 11.5 Å². The molecule has 122 valence electrons. The number of aryl methyl sites for hydroxylation is 1. The third kappa shape index (κ3) is 3.29. The predicted octanol–water partition coefficient (Wildman–Crippen LogP) is 2.78. The minimum atomic E-state index is -0.748. The van der Waals surface area contributed by atoms with Gasteiger partial charge in [-0.05, 0) is 37.3 Å². The lowest BCUT2D eigenvalue weighted by molar-refractivity contribution is 0.0945. The minimum Gasteiger partial charge on any atom is -0.345 e. The molecule has 0 saturated heterocycles. The number of rotatable bonds is 4. The van der Waals surface area contributed by atoms with E-state index < -0.39 is 17.5 Å². The Balaban J connectivity index is 1.79. The highest BCUT2D eigenvalue weighted by Crippen LogP contribution is 2.17. The van der Waals surface area contributed by atoms with Gasteiger partial charge >= 0.3 is 0 Å². The molecule has 0 aliphatic rings. The Morgan fingerprint density at radius 1 is 1.21 bits per heavy atom. The van der Waals surface area contributed by atoms with Crippen molar-refractivity contribution in [3.63, 3.8) is 0 Å². The van der Waals surface area contributed by atoms with Crippen molar-refractivity contribution in [2.45, 2.75) is 13.5 Å². The van der Waals surface area contributed by atoms with E-state index in [2.05, 4.69) is 15.4 Å². The Bertz CT molecular complexity index is 878. The summed E-state index contributed by atoms with van der Waals surface area (Å²) in [6, 6.07) is 10.1. The first-order valence-electron chi connectivity index (χ1n) is 7.25. The zero-order chi connectivity index (χ0) is 17.1. The molecule has 2 aromatic heterocycles. The van der Waals surface area contributed by atoms with Crippen molar-refractivity contribution < 1.29 is 13.6 Å². The van der Waals surface area contributed by atoms with Crippen molar-refractivity contribution in [1.82, 2.24) is 20.1 Å². The molecule has 2 heterocycles. The SMILES string of the molecule is Cc1cc(C(=O)NCc2ccccn2)nn1-c1ccc(F)cc1F. The number of nitrogens with one attached hydrogen (secondary N) is 1. The molecule has 1 amide bonds. The van der Waals surface area contributed by atoms with Crippen LogP contribution in [0.4, 0.5) is 8.78 Å². The van der Waals surface area contributed by atoms with Gasteiger partial charge in [0, 0.05) is 18.0 Å². The van der Waals surface area contributed by atoms with Crippen molar-refractivity contribution in [3.05, 3.63) is 77.4 Å². The molecular formula is C17H14F2N4O. The number of hydrogen-bond donors (Lipinski definition) is 1. The fraction of sp³-hybridized carbons (Fsp3) is 0.118. The Morgan fingerprint density at radius 2 is 2.04 bits per heavy atom. The van der Waals surface area contributed by atoms with Gasteiger partial charge in [0.05, 0.1) is 12.2 Å². The second kappa shape index (κ2) is 6.57. The fourth-order valence-corrected chi connectivity index (χ4v) is 2.25. The first-order valence-corrected chi connectivity index (χ1v) is 7.25. The molecular weight excluding hydrogens is 314 g/mol. The van der Waals surface area contributed by atoms with E-state index in [-0.39, 0.29) is 17.9 Å². The van der Waals surface area contributed by atoms with Gasteiger partial charge in [0.25, 0.3) is 5.91 Å². The van der Waals surface area contributed by atoms with E-state index in [9.17, 15) is 13.6 Å². The van der Waals surface area contributed by atoms with E-state index in [1.165, 1.54) is 16.8 Å². The fourth-order valence-electron chi connectivity index (χ4n) is 2.25. The number of nitrogens with zero attached hydrogens (tertiary/aromatic N) is 3. The van der Waals surface area contributed by atoms with Crippen molar-refractivity contribution in [2.24, 2.45) is 0 Å². The van der Waals surface area contributed by atoms with Gasteiger partial charge in [-0.1, -0.05) is 6.07 Å². The van der Waals surface area contributed by atoms with E-state index in [0.717, 1.165) is 12.1 Å². The minimum absolute atomic E-state index is 0.0812. The highest BCUT2D eigenvalue weighted by molar-refractivity contribution is 5.92. The summed E-state index contributed by atoms with van der Waals surface area (Å²) in [7, 11) is 0. The monoisotopic (exact) mass is 328 g/mol. The number of pyridine rings is 1. The molecule has 0 saturated carbocycles. The standard InChI is InChI=1S/C17H14F2N4O/c1-11-8-15(17(24)21-10-13-4-2-3-7-20-13)22-23(11)16-6-5-12(18)9-14(16)19/h2-9H,10H2,1H3,(H,21,24). The van der Waals surface area contributed by atoms with Crippen molar-refractivity contribution in [1.29, 1.82) is 0 Å². The lowest BCUT2D eigenvalue weighted by Crippen LogP contribution is -2.23. The maximum Gasteiger partial charge on any atom is 0.272 e. The molecule has 0 atom stereocenters. The lowest BCUT2D eigenvalue weighted by Gasteiger charge is -2.05. The van der Waals surface area contributed by atoms with Gasteiger partial charge in [-0.2, -0.15) is 5.10 Å². The van der Waals surface area contributed by atoms with E-state index in [1.807, 2.05) is 6.07 Å². The number of aromatic nitrogens is 3. The normalized spacial score (nSPS) is 10.6. The summed E-state index contributed by atoms with van der Waals surface area (Å²) in [5.41, 5.74) is 1.50. The van der Waals surface area contributed by atoms with Crippen LogP contribution in [0, 0.1) is 18.6 Å². The van der Waals surface area contributed by atoms with Crippen LogP contribution in [0.2, 0.25) is 0 Å². The molecule has 0 fully saturated rings. The number of amides is 1. The molecule has 1 N–H and O–H groups in total.